The van der Waals surface area contributed by atoms with Gasteiger partial charge in [0.1, 0.15) is 18.8 Å². The molecule has 14 nitrogen and oxygen atoms in total. The van der Waals surface area contributed by atoms with Gasteiger partial charge in [0, 0.05) is 34.6 Å². The molecule has 0 aromatic heterocycles. The van der Waals surface area contributed by atoms with E-state index < -0.39 is 85.0 Å². The number of carbonyl (C=O) groups is 6. The summed E-state index contributed by atoms with van der Waals surface area (Å²) in [4.78, 5) is 70.9. The summed E-state index contributed by atoms with van der Waals surface area (Å²) < 4.78 is 30.6. The number of carbonyl (C=O) groups excluding carboxylic acids is 6. The lowest BCUT2D eigenvalue weighted by Crippen LogP contribution is -2.68. The third-order valence-corrected chi connectivity index (χ3v) is 4.52. The van der Waals surface area contributed by atoms with E-state index in [0.29, 0.717) is 0 Å². The molecule has 1 rings (SSSR count). The Hall–Kier alpha value is -3.26. The van der Waals surface area contributed by atoms with E-state index in [4.69, 9.17) is 23.7 Å². The first-order chi connectivity index (χ1) is 15.7. The van der Waals surface area contributed by atoms with Crippen molar-refractivity contribution in [3.63, 3.8) is 0 Å². The zero-order valence-corrected chi connectivity index (χ0v) is 19.6. The summed E-state index contributed by atoms with van der Waals surface area (Å²) >= 11 is 0. The van der Waals surface area contributed by atoms with Crippen LogP contribution in [0.15, 0.2) is 0 Å². The van der Waals surface area contributed by atoms with Crippen LogP contribution in [0.2, 0.25) is 0 Å². The molecule has 1 amide bonds. The van der Waals surface area contributed by atoms with Crippen LogP contribution in [-0.2, 0) is 57.2 Å². The second kappa shape index (κ2) is 12.3. The molecule has 1 saturated heterocycles. The molecule has 0 aliphatic carbocycles. The number of hydrogen-bond donors (Lipinski definition) is 2. The van der Waals surface area contributed by atoms with Gasteiger partial charge in [0.25, 0.3) is 5.79 Å². The van der Waals surface area contributed by atoms with Crippen molar-refractivity contribution in [2.45, 2.75) is 77.3 Å². The van der Waals surface area contributed by atoms with E-state index in [1.54, 1.807) is 0 Å². The van der Waals surface area contributed by atoms with Crippen LogP contribution in [0.3, 0.4) is 0 Å². The Bertz CT molecular complexity index is 812. The summed E-state index contributed by atoms with van der Waals surface area (Å²) in [5.41, 5.74) is 0. The Kier molecular flexibility index (Phi) is 10.4. The maximum atomic E-state index is 12.3. The highest BCUT2D eigenvalue weighted by Crippen LogP contribution is 2.34. The highest BCUT2D eigenvalue weighted by Gasteiger charge is 2.57. The van der Waals surface area contributed by atoms with Gasteiger partial charge in [-0.15, -0.1) is 0 Å². The van der Waals surface area contributed by atoms with Gasteiger partial charge in [-0.25, -0.2) is 4.79 Å². The van der Waals surface area contributed by atoms with Gasteiger partial charge in [-0.1, -0.05) is 0 Å². The fourth-order valence-corrected chi connectivity index (χ4v) is 3.41. The first-order valence-electron chi connectivity index (χ1n) is 10.1. The highest BCUT2D eigenvalue weighted by atomic mass is 16.7. The molecule has 14 heteroatoms. The fraction of sp³-hybridized carbons (Fsp3) is 0.700. The molecule has 0 spiro atoms. The number of ether oxygens (including phenoxy) is 6. The number of hydrogen-bond acceptors (Lipinski definition) is 13. The van der Waals surface area contributed by atoms with E-state index >= 15 is 0 Å². The molecule has 1 unspecified atom stereocenters. The van der Waals surface area contributed by atoms with Crippen molar-refractivity contribution < 1.29 is 62.3 Å². The van der Waals surface area contributed by atoms with Crippen LogP contribution < -0.4 is 5.32 Å². The van der Waals surface area contributed by atoms with Crippen molar-refractivity contribution in [1.82, 2.24) is 5.32 Å². The van der Waals surface area contributed by atoms with Gasteiger partial charge in [-0.05, 0) is 0 Å². The molecule has 0 aromatic carbocycles. The van der Waals surface area contributed by atoms with Crippen molar-refractivity contribution in [2.75, 3.05) is 13.7 Å². The molecule has 1 heterocycles. The van der Waals surface area contributed by atoms with Gasteiger partial charge in [0.05, 0.1) is 19.6 Å². The van der Waals surface area contributed by atoms with Crippen LogP contribution in [0.4, 0.5) is 0 Å². The summed E-state index contributed by atoms with van der Waals surface area (Å²) in [6.07, 6.45) is -6.86. The lowest BCUT2D eigenvalue weighted by molar-refractivity contribution is -0.299. The zero-order chi connectivity index (χ0) is 26.2. The fourth-order valence-electron chi connectivity index (χ4n) is 3.41. The highest BCUT2D eigenvalue weighted by molar-refractivity contribution is 5.78. The van der Waals surface area contributed by atoms with Crippen LogP contribution in [0.5, 0.6) is 0 Å². The van der Waals surface area contributed by atoms with Crippen molar-refractivity contribution >= 4 is 35.8 Å². The molecule has 6 atom stereocenters. The quantitative estimate of drug-likeness (QED) is 0.280. The minimum Gasteiger partial charge on any atom is -0.465 e. The molecule has 0 bridgehead atoms. The van der Waals surface area contributed by atoms with Gasteiger partial charge in [-0.2, -0.15) is 0 Å². The number of nitrogens with one attached hydrogen (secondary N) is 1. The summed E-state index contributed by atoms with van der Waals surface area (Å²) in [7, 11) is 0.964. The molecule has 192 valence electrons. The first-order valence-corrected chi connectivity index (χ1v) is 10.1. The molecule has 0 saturated carbocycles. The molecular weight excluding hydrogens is 462 g/mol. The Morgan fingerprint density at radius 3 is 2.00 bits per heavy atom. The largest absolute Gasteiger partial charge is 0.465 e. The molecule has 0 aromatic rings. The SMILES string of the molecule is COC(=O)[C@@]1(O)C[C@H](OC(C)=O)[C@@H](NC(C)=O)C([C@H](OC(C)=O)[C@@H](COC(C)=O)OC(C)=O)O1. The average molecular weight is 491 g/mol. The minimum atomic E-state index is -2.71. The van der Waals surface area contributed by atoms with E-state index in [2.05, 4.69) is 10.1 Å². The number of aliphatic hydroxyl groups is 1. The summed E-state index contributed by atoms with van der Waals surface area (Å²) in [6, 6.07) is -1.31. The van der Waals surface area contributed by atoms with E-state index in [9.17, 15) is 33.9 Å². The standard InChI is InChI=1S/C20H29NO13/c1-9(22)21-16-14(31-11(3)24)7-20(28,19(27)29-6)34-18(16)17(33-13(5)26)15(32-12(4)25)8-30-10(2)23/h14-18,28H,7-8H2,1-6H3,(H,21,22)/t14-,15+,16+,17+,18?,20+/m0/s1. The summed E-state index contributed by atoms with van der Waals surface area (Å²) in [5, 5.41) is 13.3. The predicted molar refractivity (Wildman–Crippen MR) is 107 cm³/mol. The second-order valence-corrected chi connectivity index (χ2v) is 7.46. The normalized spacial score (nSPS) is 25.7. The Balaban J connectivity index is 3.64. The van der Waals surface area contributed by atoms with E-state index in [1.165, 1.54) is 0 Å². The molecule has 0 radical (unpaired) electrons. The summed E-state index contributed by atoms with van der Waals surface area (Å²) in [5.74, 6) is -7.98. The Labute approximate surface area is 195 Å². The Morgan fingerprint density at radius 1 is 0.971 bits per heavy atom. The van der Waals surface area contributed by atoms with E-state index in [1.807, 2.05) is 0 Å². The lowest BCUT2D eigenvalue weighted by Gasteiger charge is -2.46. The predicted octanol–water partition coefficient (Wildman–Crippen LogP) is -1.50. The minimum absolute atomic E-state index is 0.617. The van der Waals surface area contributed by atoms with Crippen molar-refractivity contribution in [3.05, 3.63) is 0 Å². The molecule has 1 fully saturated rings. The van der Waals surface area contributed by atoms with Crippen molar-refractivity contribution in [2.24, 2.45) is 0 Å². The first kappa shape index (κ1) is 28.8. The van der Waals surface area contributed by atoms with Gasteiger partial charge in [-0.3, -0.25) is 24.0 Å². The van der Waals surface area contributed by atoms with Crippen LogP contribution >= 0.6 is 0 Å². The van der Waals surface area contributed by atoms with Crippen molar-refractivity contribution in [1.29, 1.82) is 0 Å². The summed E-state index contributed by atoms with van der Waals surface area (Å²) in [6.45, 7) is 4.69. The van der Waals surface area contributed by atoms with Gasteiger partial charge >= 0.3 is 29.8 Å². The molecule has 1 aliphatic heterocycles. The zero-order valence-electron chi connectivity index (χ0n) is 19.6. The molecular formula is C20H29NO13. The maximum Gasteiger partial charge on any atom is 0.366 e. The lowest BCUT2D eigenvalue weighted by atomic mass is 9.88. The number of methoxy groups -OCH3 is 1. The molecule has 34 heavy (non-hydrogen) atoms. The van der Waals surface area contributed by atoms with Crippen LogP contribution in [-0.4, -0.2) is 90.8 Å². The molecule has 1 aliphatic rings. The van der Waals surface area contributed by atoms with E-state index in [0.717, 1.165) is 41.7 Å². The maximum absolute atomic E-state index is 12.3. The third kappa shape index (κ3) is 8.26. The monoisotopic (exact) mass is 491 g/mol. The topological polar surface area (TPSA) is 190 Å². The van der Waals surface area contributed by atoms with Gasteiger partial charge in [0.15, 0.2) is 12.2 Å². The number of amides is 1. The smallest absolute Gasteiger partial charge is 0.366 e. The van der Waals surface area contributed by atoms with Crippen LogP contribution in [0.1, 0.15) is 41.0 Å². The second-order valence-electron chi connectivity index (χ2n) is 7.46. The Morgan fingerprint density at radius 2 is 1.56 bits per heavy atom. The average Bonchev–Trinajstić information content (AvgIpc) is 2.69. The molecule has 2 N–H and O–H groups in total. The van der Waals surface area contributed by atoms with Gasteiger partial charge < -0.3 is 38.8 Å². The number of esters is 5. The van der Waals surface area contributed by atoms with Crippen LogP contribution in [0, 0.1) is 0 Å². The third-order valence-electron chi connectivity index (χ3n) is 4.52. The number of rotatable bonds is 9. The van der Waals surface area contributed by atoms with Gasteiger partial charge in [0.2, 0.25) is 5.91 Å². The van der Waals surface area contributed by atoms with Crippen molar-refractivity contribution in [3.8, 4) is 0 Å². The van der Waals surface area contributed by atoms with Crippen LogP contribution in [0.25, 0.3) is 0 Å². The van der Waals surface area contributed by atoms with E-state index in [-0.39, 0.29) is 0 Å².